The Hall–Kier alpha value is -1.28. The number of nitro groups is 1. The first-order valence-electron chi connectivity index (χ1n) is 5.52. The van der Waals surface area contributed by atoms with Crippen molar-refractivity contribution in [1.29, 1.82) is 0 Å². The molecule has 0 unspecified atom stereocenters. The first-order valence-corrected chi connectivity index (χ1v) is 7.51. The van der Waals surface area contributed by atoms with E-state index in [4.69, 9.17) is 0 Å². The largest absolute Gasteiger partial charge is 0.367 e. The van der Waals surface area contributed by atoms with Crippen molar-refractivity contribution < 1.29 is 4.92 Å². The van der Waals surface area contributed by atoms with Gasteiger partial charge in [-0.1, -0.05) is 0 Å². The van der Waals surface area contributed by atoms with E-state index in [2.05, 4.69) is 15.0 Å². The molecular formula is C10H16N4O2S2. The topological polar surface area (TPSA) is 80.1 Å². The van der Waals surface area contributed by atoms with Crippen molar-refractivity contribution in [2.45, 2.75) is 12.7 Å². The number of thioether (sulfide) groups is 1. The molecule has 1 rings (SSSR count). The van der Waals surface area contributed by atoms with Crippen LogP contribution >= 0.6 is 23.3 Å². The molecule has 2 N–H and O–H groups in total. The summed E-state index contributed by atoms with van der Waals surface area (Å²) in [4.78, 5) is 9.90. The molecule has 0 atom stereocenters. The van der Waals surface area contributed by atoms with Crippen molar-refractivity contribution in [3.8, 4) is 0 Å². The summed E-state index contributed by atoms with van der Waals surface area (Å²) >= 11 is 3.20. The van der Waals surface area contributed by atoms with Gasteiger partial charge in [0.05, 0.1) is 10.6 Å². The zero-order chi connectivity index (χ0) is 13.2. The van der Waals surface area contributed by atoms with E-state index in [1.54, 1.807) is 11.8 Å². The molecule has 18 heavy (non-hydrogen) atoms. The summed E-state index contributed by atoms with van der Waals surface area (Å²) in [5.74, 6) is 2.20. The molecule has 0 aliphatic carbocycles. The normalized spacial score (nSPS) is 11.3. The molecule has 0 bridgehead atoms. The average molecular weight is 288 g/mol. The van der Waals surface area contributed by atoms with Gasteiger partial charge in [0.15, 0.2) is 5.82 Å². The monoisotopic (exact) mass is 288 g/mol. The highest BCUT2D eigenvalue weighted by Crippen LogP contribution is 2.10. The second kappa shape index (κ2) is 8.76. The van der Waals surface area contributed by atoms with Crippen LogP contribution in [-0.2, 0) is 5.75 Å². The Morgan fingerprint density at radius 1 is 1.67 bits per heavy atom. The van der Waals surface area contributed by atoms with E-state index in [0.717, 1.165) is 23.4 Å². The maximum absolute atomic E-state index is 10.4. The maximum Gasteiger partial charge on any atom is 0.274 e. The van der Waals surface area contributed by atoms with Gasteiger partial charge in [0.1, 0.15) is 0 Å². The highest BCUT2D eigenvalue weighted by Gasteiger charge is 2.01. The molecular weight excluding hydrogens is 272 g/mol. The molecule has 0 saturated carbocycles. The van der Waals surface area contributed by atoms with Crippen LogP contribution < -0.4 is 10.6 Å². The molecule has 0 aliphatic heterocycles. The summed E-state index contributed by atoms with van der Waals surface area (Å²) in [6, 6.07) is 2.00. The van der Waals surface area contributed by atoms with Crippen LogP contribution in [0.5, 0.6) is 0 Å². The Bertz CT molecular complexity index is 381. The zero-order valence-corrected chi connectivity index (χ0v) is 11.7. The summed E-state index contributed by atoms with van der Waals surface area (Å²) in [5.41, 5.74) is 1.08. The maximum atomic E-state index is 10.4. The van der Waals surface area contributed by atoms with Gasteiger partial charge >= 0.3 is 0 Å². The van der Waals surface area contributed by atoms with Crippen LogP contribution in [0, 0.1) is 10.1 Å². The van der Waals surface area contributed by atoms with E-state index >= 15 is 0 Å². The van der Waals surface area contributed by atoms with E-state index in [0.29, 0.717) is 18.9 Å². The van der Waals surface area contributed by atoms with Gasteiger partial charge in [-0.3, -0.25) is 10.1 Å². The smallest absolute Gasteiger partial charge is 0.274 e. The second-order valence-corrected chi connectivity index (χ2v) is 5.10. The minimum Gasteiger partial charge on any atom is -0.367 e. The number of hydrogen-bond acceptors (Lipinski definition) is 7. The van der Waals surface area contributed by atoms with Crippen molar-refractivity contribution in [2.75, 3.05) is 18.8 Å². The van der Waals surface area contributed by atoms with Gasteiger partial charge in [0, 0.05) is 30.0 Å². The number of rotatable bonds is 9. The van der Waals surface area contributed by atoms with Gasteiger partial charge < -0.3 is 10.6 Å². The number of nitrogens with zero attached hydrogens (tertiary/aromatic N) is 2. The predicted octanol–water partition coefficient (Wildman–Crippen LogP) is 1.65. The first kappa shape index (κ1) is 14.8. The Morgan fingerprint density at radius 2 is 2.50 bits per heavy atom. The first-order chi connectivity index (χ1) is 8.72. The fourth-order valence-corrected chi connectivity index (χ4v) is 2.58. The summed E-state index contributed by atoms with van der Waals surface area (Å²) in [6.07, 6.45) is 0.953. The van der Waals surface area contributed by atoms with E-state index in [9.17, 15) is 10.1 Å². The van der Waals surface area contributed by atoms with Crippen LogP contribution in [-0.4, -0.2) is 28.1 Å². The Balaban J connectivity index is 2.16. The van der Waals surface area contributed by atoms with E-state index in [1.165, 1.54) is 11.5 Å². The van der Waals surface area contributed by atoms with Crippen molar-refractivity contribution in [3.05, 3.63) is 39.3 Å². The molecule has 100 valence electrons. The van der Waals surface area contributed by atoms with E-state index in [-0.39, 0.29) is 0 Å². The molecule has 0 radical (unpaired) electrons. The Morgan fingerprint density at radius 3 is 3.11 bits per heavy atom. The van der Waals surface area contributed by atoms with Crippen LogP contribution in [0.3, 0.4) is 0 Å². The lowest BCUT2D eigenvalue weighted by Crippen LogP contribution is -2.28. The van der Waals surface area contributed by atoms with Crippen molar-refractivity contribution in [1.82, 2.24) is 15.0 Å². The highest BCUT2D eigenvalue weighted by molar-refractivity contribution is 7.98. The summed E-state index contributed by atoms with van der Waals surface area (Å²) < 4.78 is 4.21. The van der Waals surface area contributed by atoms with Crippen molar-refractivity contribution in [3.63, 3.8) is 0 Å². The number of nitrogens with one attached hydrogen (secondary N) is 2. The van der Waals surface area contributed by atoms with Crippen molar-refractivity contribution >= 4 is 23.3 Å². The van der Waals surface area contributed by atoms with Crippen LogP contribution in [0.15, 0.2) is 23.5 Å². The lowest BCUT2D eigenvalue weighted by molar-refractivity contribution is -0.404. The number of hydrogen-bond donors (Lipinski definition) is 2. The summed E-state index contributed by atoms with van der Waals surface area (Å²) in [7, 11) is 0. The molecule has 0 amide bonds. The second-order valence-electron chi connectivity index (χ2n) is 3.33. The molecule has 0 aromatic carbocycles. The zero-order valence-electron chi connectivity index (χ0n) is 10.1. The van der Waals surface area contributed by atoms with Gasteiger partial charge in [-0.15, -0.1) is 0 Å². The molecule has 0 saturated heterocycles. The van der Waals surface area contributed by atoms with Crippen LogP contribution in [0.4, 0.5) is 0 Å². The third-order valence-corrected chi connectivity index (χ3v) is 3.50. The van der Waals surface area contributed by atoms with E-state index < -0.39 is 4.92 Å². The van der Waals surface area contributed by atoms with Crippen LogP contribution in [0.1, 0.15) is 12.6 Å². The third kappa shape index (κ3) is 6.45. The molecule has 0 spiro atoms. The fraction of sp³-hybridized carbons (Fsp3) is 0.500. The van der Waals surface area contributed by atoms with Crippen LogP contribution in [0.25, 0.3) is 0 Å². The average Bonchev–Trinajstić information content (AvgIpc) is 2.81. The molecule has 1 heterocycles. The summed E-state index contributed by atoms with van der Waals surface area (Å²) in [6.45, 7) is 3.23. The van der Waals surface area contributed by atoms with Crippen molar-refractivity contribution in [2.24, 2.45) is 0 Å². The van der Waals surface area contributed by atoms with Gasteiger partial charge in [-0.25, -0.2) is 0 Å². The molecule has 6 nitrogen and oxygen atoms in total. The van der Waals surface area contributed by atoms with Crippen LogP contribution in [0.2, 0.25) is 0 Å². The SMILES string of the molecule is CCN/C(=C/[N+](=O)[O-])NCCSCc1ccsn1. The van der Waals surface area contributed by atoms with Gasteiger partial charge in [0.25, 0.3) is 6.20 Å². The standard InChI is InChI=1S/C10H16N4O2S2/c1-2-11-10(7-14(15)16)12-4-6-17-8-9-3-5-18-13-9/h3,5,7,11-12H,2,4,6,8H2,1H3/b10-7-. The lowest BCUT2D eigenvalue weighted by Gasteiger charge is -2.08. The Labute approximate surface area is 114 Å². The molecule has 0 fully saturated rings. The fourth-order valence-electron chi connectivity index (χ4n) is 1.20. The molecule has 0 aliphatic rings. The van der Waals surface area contributed by atoms with Gasteiger partial charge in [-0.05, 0) is 24.5 Å². The van der Waals surface area contributed by atoms with Gasteiger partial charge in [0.2, 0.25) is 0 Å². The predicted molar refractivity (Wildman–Crippen MR) is 75.0 cm³/mol. The number of aromatic nitrogens is 1. The minimum atomic E-state index is -0.465. The minimum absolute atomic E-state index is 0.455. The molecule has 1 aromatic rings. The third-order valence-electron chi connectivity index (χ3n) is 1.90. The van der Waals surface area contributed by atoms with E-state index in [1.807, 2.05) is 18.4 Å². The summed E-state index contributed by atoms with van der Waals surface area (Å²) in [5, 5.41) is 18.2. The highest BCUT2D eigenvalue weighted by atomic mass is 32.2. The molecule has 8 heteroatoms. The quantitative estimate of drug-likeness (QED) is 0.408. The Kier molecular flexibility index (Phi) is 7.19. The van der Waals surface area contributed by atoms with Gasteiger partial charge in [-0.2, -0.15) is 16.1 Å². The lowest BCUT2D eigenvalue weighted by atomic mass is 10.5. The molecule has 1 aromatic heterocycles.